The second-order valence-corrected chi connectivity index (χ2v) is 7.88. The molecular formula is C18H22BrF2N3O2. The van der Waals surface area contributed by atoms with E-state index in [0.717, 1.165) is 4.47 Å². The molecule has 26 heavy (non-hydrogen) atoms. The van der Waals surface area contributed by atoms with E-state index in [-0.39, 0.29) is 30.7 Å². The van der Waals surface area contributed by atoms with Gasteiger partial charge in [-0.25, -0.2) is 8.78 Å². The Hall–Kier alpha value is -1.70. The number of anilines is 2. The third-order valence-electron chi connectivity index (χ3n) is 4.86. The Morgan fingerprint density at radius 3 is 2.62 bits per heavy atom. The smallest absolute Gasteiger partial charge is 0.248 e. The molecule has 1 atom stereocenters. The van der Waals surface area contributed by atoms with Crippen LogP contribution >= 0.6 is 15.9 Å². The minimum absolute atomic E-state index is 0.0548. The first-order chi connectivity index (χ1) is 12.3. The molecule has 2 fully saturated rings. The topological polar surface area (TPSA) is 70.2 Å². The Balaban J connectivity index is 1.68. The summed E-state index contributed by atoms with van der Waals surface area (Å²) in [6.45, 7) is 0. The monoisotopic (exact) mass is 429 g/mol. The second-order valence-electron chi connectivity index (χ2n) is 6.97. The third kappa shape index (κ3) is 4.93. The van der Waals surface area contributed by atoms with Crippen LogP contribution in [0.2, 0.25) is 0 Å². The molecule has 0 unspecified atom stereocenters. The lowest BCUT2D eigenvalue weighted by Gasteiger charge is -2.30. The van der Waals surface area contributed by atoms with Crippen LogP contribution in [-0.2, 0) is 9.59 Å². The standard InChI is InChI=1S/C18H22BrF2N3O2/c19-11-4-5-13(22-12-6-8-18(20,21)9-7-12)15(10-11)24-17(26)14-2-1-3-16(25)23-14/h4-5,10,12,14,22H,1-3,6-9H2,(H,23,25)(H,24,26)/t14-/m0/s1. The summed E-state index contributed by atoms with van der Waals surface area (Å²) in [5.74, 6) is -2.96. The Bertz CT molecular complexity index is 689. The number of halogens is 3. The summed E-state index contributed by atoms with van der Waals surface area (Å²) in [5.41, 5.74) is 1.26. The molecule has 1 aliphatic heterocycles. The molecule has 0 radical (unpaired) electrons. The lowest BCUT2D eigenvalue weighted by Crippen LogP contribution is -2.46. The van der Waals surface area contributed by atoms with Crippen molar-refractivity contribution in [1.82, 2.24) is 5.32 Å². The first-order valence-corrected chi connectivity index (χ1v) is 9.66. The van der Waals surface area contributed by atoms with Gasteiger partial charge in [-0.05, 0) is 43.9 Å². The summed E-state index contributed by atoms with van der Waals surface area (Å²) in [6, 6.07) is 4.81. The van der Waals surface area contributed by atoms with Crippen molar-refractivity contribution in [2.24, 2.45) is 0 Å². The zero-order valence-corrected chi connectivity index (χ0v) is 15.9. The largest absolute Gasteiger partial charge is 0.381 e. The van der Waals surface area contributed by atoms with Gasteiger partial charge in [0.25, 0.3) is 0 Å². The van der Waals surface area contributed by atoms with E-state index in [9.17, 15) is 18.4 Å². The number of benzene rings is 1. The highest BCUT2D eigenvalue weighted by molar-refractivity contribution is 9.10. The second kappa shape index (κ2) is 7.90. The predicted octanol–water partition coefficient (Wildman–Crippen LogP) is 4.05. The Kier molecular flexibility index (Phi) is 5.79. The van der Waals surface area contributed by atoms with Crippen molar-refractivity contribution in [3.8, 4) is 0 Å². The molecule has 5 nitrogen and oxygen atoms in total. The highest BCUT2D eigenvalue weighted by Gasteiger charge is 2.35. The fourth-order valence-corrected chi connectivity index (χ4v) is 3.73. The van der Waals surface area contributed by atoms with Crippen LogP contribution in [0.15, 0.2) is 22.7 Å². The maximum Gasteiger partial charge on any atom is 0.248 e. The van der Waals surface area contributed by atoms with Gasteiger partial charge in [-0.2, -0.15) is 0 Å². The number of amides is 2. The number of nitrogens with one attached hydrogen (secondary N) is 3. The van der Waals surface area contributed by atoms with E-state index >= 15 is 0 Å². The number of carbonyl (C=O) groups excluding carboxylic acids is 2. The van der Waals surface area contributed by atoms with Crippen LogP contribution in [-0.4, -0.2) is 29.8 Å². The maximum atomic E-state index is 13.3. The Morgan fingerprint density at radius 2 is 1.92 bits per heavy atom. The van der Waals surface area contributed by atoms with Crippen molar-refractivity contribution in [2.45, 2.75) is 63.0 Å². The van der Waals surface area contributed by atoms with Gasteiger partial charge in [-0.1, -0.05) is 15.9 Å². The number of rotatable bonds is 4. The van der Waals surface area contributed by atoms with Gasteiger partial charge in [0.15, 0.2) is 0 Å². The predicted molar refractivity (Wildman–Crippen MR) is 99.4 cm³/mol. The van der Waals surface area contributed by atoms with Crippen molar-refractivity contribution >= 4 is 39.1 Å². The van der Waals surface area contributed by atoms with Crippen LogP contribution in [0.25, 0.3) is 0 Å². The molecule has 2 aliphatic rings. The van der Waals surface area contributed by atoms with Crippen LogP contribution in [0.5, 0.6) is 0 Å². The molecule has 1 saturated heterocycles. The van der Waals surface area contributed by atoms with Crippen molar-refractivity contribution in [2.75, 3.05) is 10.6 Å². The molecule has 2 amide bonds. The fraction of sp³-hybridized carbons (Fsp3) is 0.556. The Morgan fingerprint density at radius 1 is 1.19 bits per heavy atom. The summed E-state index contributed by atoms with van der Waals surface area (Å²) in [4.78, 5) is 24.0. The minimum atomic E-state index is -2.58. The molecule has 1 aromatic rings. The fourth-order valence-electron chi connectivity index (χ4n) is 3.37. The molecule has 142 valence electrons. The molecule has 0 spiro atoms. The number of piperidine rings is 1. The summed E-state index contributed by atoms with van der Waals surface area (Å²) in [7, 11) is 0. The normalized spacial score (nSPS) is 23.2. The third-order valence-corrected chi connectivity index (χ3v) is 5.36. The van der Waals surface area contributed by atoms with Gasteiger partial charge in [0.1, 0.15) is 6.04 Å². The minimum Gasteiger partial charge on any atom is -0.381 e. The summed E-state index contributed by atoms with van der Waals surface area (Å²) in [5, 5.41) is 8.82. The maximum absolute atomic E-state index is 13.3. The van der Waals surface area contributed by atoms with Gasteiger partial charge in [-0.3, -0.25) is 9.59 Å². The average Bonchev–Trinajstić information content (AvgIpc) is 2.59. The quantitative estimate of drug-likeness (QED) is 0.675. The van der Waals surface area contributed by atoms with Gasteiger partial charge in [-0.15, -0.1) is 0 Å². The summed E-state index contributed by atoms with van der Waals surface area (Å²) < 4.78 is 27.5. The molecule has 8 heteroatoms. The van der Waals surface area contributed by atoms with E-state index in [1.165, 1.54) is 0 Å². The van der Waals surface area contributed by atoms with E-state index in [2.05, 4.69) is 31.9 Å². The molecule has 1 aliphatic carbocycles. The van der Waals surface area contributed by atoms with E-state index in [1.54, 1.807) is 6.07 Å². The molecule has 3 N–H and O–H groups in total. The van der Waals surface area contributed by atoms with Gasteiger partial charge >= 0.3 is 0 Å². The van der Waals surface area contributed by atoms with Crippen LogP contribution in [0.4, 0.5) is 20.2 Å². The molecule has 1 aromatic carbocycles. The van der Waals surface area contributed by atoms with E-state index < -0.39 is 12.0 Å². The highest BCUT2D eigenvalue weighted by atomic mass is 79.9. The lowest BCUT2D eigenvalue weighted by molar-refractivity contribution is -0.128. The van der Waals surface area contributed by atoms with E-state index in [1.807, 2.05) is 12.1 Å². The Labute approximate surface area is 159 Å². The number of alkyl halides is 2. The highest BCUT2D eigenvalue weighted by Crippen LogP contribution is 2.35. The van der Waals surface area contributed by atoms with Crippen molar-refractivity contribution < 1.29 is 18.4 Å². The molecule has 0 bridgehead atoms. The lowest BCUT2D eigenvalue weighted by atomic mass is 9.92. The number of hydrogen-bond acceptors (Lipinski definition) is 3. The first kappa shape index (κ1) is 19.1. The van der Waals surface area contributed by atoms with Crippen molar-refractivity contribution in [3.05, 3.63) is 22.7 Å². The number of hydrogen-bond donors (Lipinski definition) is 3. The van der Waals surface area contributed by atoms with Gasteiger partial charge in [0.05, 0.1) is 11.4 Å². The van der Waals surface area contributed by atoms with Crippen LogP contribution < -0.4 is 16.0 Å². The summed E-state index contributed by atoms with van der Waals surface area (Å²) in [6.07, 6.45) is 2.24. The van der Waals surface area contributed by atoms with Crippen LogP contribution in [0.1, 0.15) is 44.9 Å². The average molecular weight is 430 g/mol. The molecule has 0 aromatic heterocycles. The van der Waals surface area contributed by atoms with E-state index in [4.69, 9.17) is 0 Å². The van der Waals surface area contributed by atoms with Gasteiger partial charge in [0, 0.05) is 29.8 Å². The van der Waals surface area contributed by atoms with Crippen LogP contribution in [0, 0.1) is 0 Å². The zero-order valence-electron chi connectivity index (χ0n) is 14.3. The molecule has 3 rings (SSSR count). The molecular weight excluding hydrogens is 408 g/mol. The summed E-state index contributed by atoms with van der Waals surface area (Å²) >= 11 is 3.38. The van der Waals surface area contributed by atoms with Gasteiger partial charge < -0.3 is 16.0 Å². The van der Waals surface area contributed by atoms with Gasteiger partial charge in [0.2, 0.25) is 17.7 Å². The van der Waals surface area contributed by atoms with Crippen LogP contribution in [0.3, 0.4) is 0 Å². The molecule has 1 heterocycles. The number of carbonyl (C=O) groups is 2. The van der Waals surface area contributed by atoms with Crippen molar-refractivity contribution in [3.63, 3.8) is 0 Å². The van der Waals surface area contributed by atoms with Crippen molar-refractivity contribution in [1.29, 1.82) is 0 Å². The SMILES string of the molecule is O=C1CCC[C@@H](C(=O)Nc2cc(Br)ccc2NC2CCC(F)(F)CC2)N1. The van der Waals surface area contributed by atoms with E-state index in [0.29, 0.717) is 43.5 Å². The zero-order chi connectivity index (χ0) is 18.7. The first-order valence-electron chi connectivity index (χ1n) is 8.86. The molecule has 1 saturated carbocycles.